The van der Waals surface area contributed by atoms with E-state index in [9.17, 15) is 14.4 Å². The number of nitrogens with zero attached hydrogens (tertiary/aromatic N) is 3. The van der Waals surface area contributed by atoms with Crippen LogP contribution in [-0.4, -0.2) is 38.4 Å². The summed E-state index contributed by atoms with van der Waals surface area (Å²) < 4.78 is 6.48. The van der Waals surface area contributed by atoms with Gasteiger partial charge in [-0.25, -0.2) is 9.48 Å². The summed E-state index contributed by atoms with van der Waals surface area (Å²) in [4.78, 5) is 35.1. The third kappa shape index (κ3) is 3.87. The number of hydrogen-bond donors (Lipinski definition) is 1. The van der Waals surface area contributed by atoms with E-state index in [0.717, 1.165) is 0 Å². The number of rotatable bonds is 2. The van der Waals surface area contributed by atoms with Crippen LogP contribution in [0.5, 0.6) is 0 Å². The minimum atomic E-state index is -0.639. The maximum Gasteiger partial charge on any atom is 0.361 e. The van der Waals surface area contributed by atoms with Gasteiger partial charge in [0, 0.05) is 6.42 Å². The van der Waals surface area contributed by atoms with Crippen LogP contribution in [0.4, 0.5) is 0 Å². The van der Waals surface area contributed by atoms with Gasteiger partial charge in [0.1, 0.15) is 11.6 Å². The van der Waals surface area contributed by atoms with Crippen molar-refractivity contribution < 1.29 is 19.1 Å². The van der Waals surface area contributed by atoms with E-state index < -0.39 is 23.5 Å². The van der Waals surface area contributed by atoms with Crippen molar-refractivity contribution in [2.75, 3.05) is 0 Å². The highest BCUT2D eigenvalue weighted by atomic mass is 16.6. The SMILES string of the molecule is CC(C)(C)OC(=O)c1cn(C2CCCC(=O)NC2=O)nn1. The Labute approximate surface area is 121 Å². The first-order valence-electron chi connectivity index (χ1n) is 6.75. The van der Waals surface area contributed by atoms with Crippen LogP contribution in [0.2, 0.25) is 0 Å². The largest absolute Gasteiger partial charge is 0.455 e. The maximum absolute atomic E-state index is 11.9. The van der Waals surface area contributed by atoms with E-state index in [-0.39, 0.29) is 11.6 Å². The van der Waals surface area contributed by atoms with E-state index in [0.29, 0.717) is 19.3 Å². The number of nitrogens with one attached hydrogen (secondary N) is 1. The molecule has 0 bridgehead atoms. The van der Waals surface area contributed by atoms with Gasteiger partial charge >= 0.3 is 5.97 Å². The van der Waals surface area contributed by atoms with E-state index >= 15 is 0 Å². The van der Waals surface area contributed by atoms with Gasteiger partial charge in [0.2, 0.25) is 5.91 Å². The summed E-state index contributed by atoms with van der Waals surface area (Å²) >= 11 is 0. The summed E-state index contributed by atoms with van der Waals surface area (Å²) in [6, 6.07) is -0.639. The van der Waals surface area contributed by atoms with Crippen molar-refractivity contribution in [1.82, 2.24) is 20.3 Å². The average Bonchev–Trinajstić information content (AvgIpc) is 2.75. The van der Waals surface area contributed by atoms with E-state index in [1.165, 1.54) is 10.9 Å². The Morgan fingerprint density at radius 1 is 1.43 bits per heavy atom. The topological polar surface area (TPSA) is 103 Å². The molecule has 2 amide bonds. The lowest BCUT2D eigenvalue weighted by molar-refractivity contribution is -0.131. The fourth-order valence-electron chi connectivity index (χ4n) is 1.98. The number of hydrogen-bond acceptors (Lipinski definition) is 6. The van der Waals surface area contributed by atoms with Gasteiger partial charge in [0.05, 0.1) is 6.20 Å². The second-order valence-corrected chi connectivity index (χ2v) is 5.91. The van der Waals surface area contributed by atoms with Gasteiger partial charge in [0.25, 0.3) is 5.91 Å². The van der Waals surface area contributed by atoms with Gasteiger partial charge in [-0.05, 0) is 33.6 Å². The predicted octanol–water partition coefficient (Wildman–Crippen LogP) is 0.601. The molecule has 0 spiro atoms. The zero-order chi connectivity index (χ0) is 15.6. The molecular weight excluding hydrogens is 276 g/mol. The third-order valence-corrected chi connectivity index (χ3v) is 2.88. The highest BCUT2D eigenvalue weighted by Gasteiger charge is 2.28. The Kier molecular flexibility index (Phi) is 4.06. The zero-order valence-corrected chi connectivity index (χ0v) is 12.3. The molecule has 21 heavy (non-hydrogen) atoms. The van der Waals surface area contributed by atoms with Crippen LogP contribution in [0.1, 0.15) is 56.6 Å². The molecule has 0 aliphatic carbocycles. The Morgan fingerprint density at radius 3 is 2.81 bits per heavy atom. The van der Waals surface area contributed by atoms with Crippen molar-refractivity contribution in [2.24, 2.45) is 0 Å². The molecule has 1 atom stereocenters. The van der Waals surface area contributed by atoms with Gasteiger partial charge in [0.15, 0.2) is 5.69 Å². The van der Waals surface area contributed by atoms with Crippen LogP contribution in [-0.2, 0) is 14.3 Å². The molecular formula is C13H18N4O4. The predicted molar refractivity (Wildman–Crippen MR) is 71.2 cm³/mol. The molecule has 8 heteroatoms. The highest BCUT2D eigenvalue weighted by Crippen LogP contribution is 2.18. The van der Waals surface area contributed by atoms with Crippen molar-refractivity contribution in [3.8, 4) is 0 Å². The van der Waals surface area contributed by atoms with Gasteiger partial charge < -0.3 is 4.74 Å². The van der Waals surface area contributed by atoms with Gasteiger partial charge in [-0.2, -0.15) is 0 Å². The summed E-state index contributed by atoms with van der Waals surface area (Å²) in [5, 5.41) is 9.82. The maximum atomic E-state index is 11.9. The lowest BCUT2D eigenvalue weighted by Crippen LogP contribution is -2.34. The molecule has 2 heterocycles. The molecule has 1 saturated heterocycles. The minimum Gasteiger partial charge on any atom is -0.455 e. The molecule has 0 radical (unpaired) electrons. The van der Waals surface area contributed by atoms with Crippen molar-refractivity contribution in [3.63, 3.8) is 0 Å². The van der Waals surface area contributed by atoms with E-state index in [4.69, 9.17) is 4.74 Å². The van der Waals surface area contributed by atoms with Crippen molar-refractivity contribution in [1.29, 1.82) is 0 Å². The summed E-state index contributed by atoms with van der Waals surface area (Å²) in [6.07, 6.45) is 2.71. The quantitative estimate of drug-likeness (QED) is 0.633. The Bertz CT molecular complexity index is 573. The number of amides is 2. The molecule has 0 saturated carbocycles. The van der Waals surface area contributed by atoms with E-state index in [1.807, 2.05) is 0 Å². The summed E-state index contributed by atoms with van der Waals surface area (Å²) in [5.41, 5.74) is -0.597. The molecule has 1 N–H and O–H groups in total. The number of carbonyl (C=O) groups is 3. The molecule has 114 valence electrons. The lowest BCUT2D eigenvalue weighted by atomic mass is 10.1. The molecule has 2 rings (SSSR count). The highest BCUT2D eigenvalue weighted by molar-refractivity contribution is 5.97. The molecule has 0 aromatic carbocycles. The van der Waals surface area contributed by atoms with Crippen molar-refractivity contribution >= 4 is 17.8 Å². The molecule has 1 aromatic heterocycles. The standard InChI is InChI=1S/C13H18N4O4/c1-13(2,3)21-12(20)8-7-17(16-15-8)9-5-4-6-10(18)14-11(9)19/h7,9H,4-6H2,1-3H3,(H,14,18,19). The fraction of sp³-hybridized carbons (Fsp3) is 0.615. The van der Waals surface area contributed by atoms with Gasteiger partial charge in [-0.15, -0.1) is 5.10 Å². The van der Waals surface area contributed by atoms with Crippen LogP contribution in [0, 0.1) is 0 Å². The van der Waals surface area contributed by atoms with Crippen molar-refractivity contribution in [3.05, 3.63) is 11.9 Å². The van der Waals surface area contributed by atoms with Crippen molar-refractivity contribution in [2.45, 2.75) is 51.7 Å². The fourth-order valence-corrected chi connectivity index (χ4v) is 1.98. The average molecular weight is 294 g/mol. The first-order valence-corrected chi connectivity index (χ1v) is 6.75. The third-order valence-electron chi connectivity index (χ3n) is 2.88. The van der Waals surface area contributed by atoms with Crippen LogP contribution in [0.3, 0.4) is 0 Å². The normalized spacial score (nSPS) is 19.9. The molecule has 1 unspecified atom stereocenters. The van der Waals surface area contributed by atoms with Gasteiger partial charge in [-0.3, -0.25) is 14.9 Å². The number of imide groups is 1. The van der Waals surface area contributed by atoms with Crippen LogP contribution >= 0.6 is 0 Å². The second-order valence-electron chi connectivity index (χ2n) is 5.91. The molecule has 1 aromatic rings. The number of carbonyl (C=O) groups excluding carboxylic acids is 3. The number of esters is 1. The monoisotopic (exact) mass is 294 g/mol. The smallest absolute Gasteiger partial charge is 0.361 e. The van der Waals surface area contributed by atoms with Crippen LogP contribution < -0.4 is 5.32 Å². The number of aromatic nitrogens is 3. The van der Waals surface area contributed by atoms with Crippen LogP contribution in [0.25, 0.3) is 0 Å². The first-order chi connectivity index (χ1) is 9.76. The minimum absolute atomic E-state index is 0.0355. The molecule has 1 fully saturated rings. The second kappa shape index (κ2) is 5.63. The van der Waals surface area contributed by atoms with E-state index in [1.54, 1.807) is 20.8 Å². The summed E-state index contributed by atoms with van der Waals surface area (Å²) in [7, 11) is 0. The van der Waals surface area contributed by atoms with Crippen LogP contribution in [0.15, 0.2) is 6.20 Å². The summed E-state index contributed by atoms with van der Waals surface area (Å²) in [6.45, 7) is 5.25. The Hall–Kier alpha value is -2.25. The molecule has 1 aliphatic heterocycles. The Balaban J connectivity index is 2.14. The molecule has 8 nitrogen and oxygen atoms in total. The summed E-state index contributed by atoms with van der Waals surface area (Å²) in [5.74, 6) is -1.33. The zero-order valence-electron chi connectivity index (χ0n) is 12.3. The molecule has 1 aliphatic rings. The lowest BCUT2D eigenvalue weighted by Gasteiger charge is -2.18. The van der Waals surface area contributed by atoms with Gasteiger partial charge in [-0.1, -0.05) is 5.21 Å². The number of ether oxygens (including phenoxy) is 1. The Morgan fingerprint density at radius 2 is 2.14 bits per heavy atom. The van der Waals surface area contributed by atoms with E-state index in [2.05, 4.69) is 15.6 Å². The first kappa shape index (κ1) is 15.1.